The SMILES string of the molecule is CC(NCC1CCC1)c1ccc(OCC#N)cc1. The van der Waals surface area contributed by atoms with Gasteiger partial charge in [0.05, 0.1) is 0 Å². The zero-order chi connectivity index (χ0) is 12.8. The maximum Gasteiger partial charge on any atom is 0.174 e. The van der Waals surface area contributed by atoms with Crippen LogP contribution in [-0.2, 0) is 0 Å². The van der Waals surface area contributed by atoms with Crippen LogP contribution in [0.15, 0.2) is 24.3 Å². The summed E-state index contributed by atoms with van der Waals surface area (Å²) < 4.78 is 5.23. The Morgan fingerprint density at radius 2 is 2.11 bits per heavy atom. The molecule has 0 aliphatic heterocycles. The van der Waals surface area contributed by atoms with E-state index in [-0.39, 0.29) is 6.61 Å². The highest BCUT2D eigenvalue weighted by Gasteiger charge is 2.17. The summed E-state index contributed by atoms with van der Waals surface area (Å²) in [6, 6.07) is 10.3. The lowest BCUT2D eigenvalue weighted by Crippen LogP contribution is -2.29. The summed E-state index contributed by atoms with van der Waals surface area (Å²) in [6.45, 7) is 3.41. The van der Waals surface area contributed by atoms with Crippen LogP contribution < -0.4 is 10.1 Å². The van der Waals surface area contributed by atoms with Gasteiger partial charge < -0.3 is 10.1 Å². The zero-order valence-electron chi connectivity index (χ0n) is 10.9. The van der Waals surface area contributed by atoms with Gasteiger partial charge in [0.15, 0.2) is 6.61 Å². The third kappa shape index (κ3) is 3.48. The Morgan fingerprint density at radius 1 is 1.39 bits per heavy atom. The molecule has 1 aromatic rings. The minimum absolute atomic E-state index is 0.106. The van der Waals surface area contributed by atoms with Gasteiger partial charge in [0.2, 0.25) is 0 Å². The fourth-order valence-electron chi connectivity index (χ4n) is 2.13. The van der Waals surface area contributed by atoms with Crippen molar-refractivity contribution in [1.29, 1.82) is 5.26 Å². The molecule has 1 unspecified atom stereocenters. The van der Waals surface area contributed by atoms with E-state index in [9.17, 15) is 0 Å². The summed E-state index contributed by atoms with van der Waals surface area (Å²) in [5, 5.41) is 12.0. The van der Waals surface area contributed by atoms with Crippen molar-refractivity contribution in [1.82, 2.24) is 5.32 Å². The van der Waals surface area contributed by atoms with Gasteiger partial charge in [-0.05, 0) is 49.9 Å². The Bertz CT molecular complexity index is 403. The van der Waals surface area contributed by atoms with E-state index in [1.165, 1.54) is 24.8 Å². The molecule has 3 heteroatoms. The van der Waals surface area contributed by atoms with Crippen LogP contribution in [0.4, 0.5) is 0 Å². The second-order valence-electron chi connectivity index (χ2n) is 4.94. The van der Waals surface area contributed by atoms with E-state index in [0.717, 1.165) is 18.2 Å². The third-order valence-corrected chi connectivity index (χ3v) is 3.62. The predicted octanol–water partition coefficient (Wildman–Crippen LogP) is 3.04. The number of benzene rings is 1. The molecule has 18 heavy (non-hydrogen) atoms. The van der Waals surface area contributed by atoms with Crippen LogP contribution in [0.1, 0.15) is 37.8 Å². The molecule has 0 amide bonds. The quantitative estimate of drug-likeness (QED) is 0.836. The first kappa shape index (κ1) is 12.9. The molecule has 1 aliphatic carbocycles. The van der Waals surface area contributed by atoms with Gasteiger partial charge in [-0.15, -0.1) is 0 Å². The van der Waals surface area contributed by atoms with E-state index < -0.39 is 0 Å². The Hall–Kier alpha value is -1.53. The lowest BCUT2D eigenvalue weighted by atomic mass is 9.85. The van der Waals surface area contributed by atoms with Crippen molar-refractivity contribution in [3.05, 3.63) is 29.8 Å². The highest BCUT2D eigenvalue weighted by Crippen LogP contribution is 2.26. The summed E-state index contributed by atoms with van der Waals surface area (Å²) in [5.41, 5.74) is 1.26. The van der Waals surface area contributed by atoms with E-state index in [0.29, 0.717) is 6.04 Å². The molecular formula is C15H20N2O. The second kappa shape index (κ2) is 6.42. The van der Waals surface area contributed by atoms with Crippen molar-refractivity contribution >= 4 is 0 Å². The minimum Gasteiger partial charge on any atom is -0.479 e. The number of hydrogen-bond acceptors (Lipinski definition) is 3. The first-order valence-electron chi connectivity index (χ1n) is 6.62. The molecule has 1 atom stereocenters. The van der Waals surface area contributed by atoms with Crippen LogP contribution >= 0.6 is 0 Å². The molecule has 0 radical (unpaired) electrons. The van der Waals surface area contributed by atoms with Crippen LogP contribution in [0.2, 0.25) is 0 Å². The largest absolute Gasteiger partial charge is 0.479 e. The van der Waals surface area contributed by atoms with Gasteiger partial charge in [-0.2, -0.15) is 5.26 Å². The van der Waals surface area contributed by atoms with Gasteiger partial charge in [0, 0.05) is 6.04 Å². The molecule has 0 aromatic heterocycles. The Labute approximate surface area is 109 Å². The molecule has 0 spiro atoms. The van der Waals surface area contributed by atoms with E-state index >= 15 is 0 Å². The Morgan fingerprint density at radius 3 is 2.67 bits per heavy atom. The Kier molecular flexibility index (Phi) is 4.60. The number of hydrogen-bond donors (Lipinski definition) is 1. The number of ether oxygens (including phenoxy) is 1. The number of nitrogens with zero attached hydrogens (tertiary/aromatic N) is 1. The average Bonchev–Trinajstić information content (AvgIpc) is 2.35. The van der Waals surface area contributed by atoms with Crippen LogP contribution in [0.5, 0.6) is 5.75 Å². The topological polar surface area (TPSA) is 45.0 Å². The standard InChI is InChI=1S/C15H20N2O/c1-12(17-11-13-3-2-4-13)14-5-7-15(8-6-14)18-10-9-16/h5-8,12-13,17H,2-4,10-11H2,1H3. The van der Waals surface area contributed by atoms with Crippen molar-refractivity contribution in [3.63, 3.8) is 0 Å². The summed E-state index contributed by atoms with van der Waals surface area (Å²) in [4.78, 5) is 0. The van der Waals surface area contributed by atoms with Crippen molar-refractivity contribution in [2.75, 3.05) is 13.2 Å². The highest BCUT2D eigenvalue weighted by atomic mass is 16.5. The molecule has 1 fully saturated rings. The van der Waals surface area contributed by atoms with Gasteiger partial charge in [0.1, 0.15) is 11.8 Å². The van der Waals surface area contributed by atoms with E-state index in [1.54, 1.807) is 0 Å². The molecule has 1 aliphatic rings. The van der Waals surface area contributed by atoms with Crippen LogP contribution in [0.25, 0.3) is 0 Å². The number of nitrogens with one attached hydrogen (secondary N) is 1. The molecule has 96 valence electrons. The number of rotatable bonds is 6. The molecule has 3 nitrogen and oxygen atoms in total. The van der Waals surface area contributed by atoms with E-state index in [2.05, 4.69) is 24.4 Å². The fraction of sp³-hybridized carbons (Fsp3) is 0.533. The van der Waals surface area contributed by atoms with Crippen molar-refractivity contribution < 1.29 is 4.74 Å². The number of nitriles is 1. The van der Waals surface area contributed by atoms with Crippen molar-refractivity contribution in [2.45, 2.75) is 32.2 Å². The van der Waals surface area contributed by atoms with Gasteiger partial charge in [-0.1, -0.05) is 18.6 Å². The fourth-order valence-corrected chi connectivity index (χ4v) is 2.13. The van der Waals surface area contributed by atoms with E-state index in [4.69, 9.17) is 10.00 Å². The maximum absolute atomic E-state index is 8.44. The molecule has 0 bridgehead atoms. The van der Waals surface area contributed by atoms with Gasteiger partial charge >= 0.3 is 0 Å². The van der Waals surface area contributed by atoms with Crippen LogP contribution in [0.3, 0.4) is 0 Å². The first-order valence-corrected chi connectivity index (χ1v) is 6.62. The summed E-state index contributed by atoms with van der Waals surface area (Å²) in [5.74, 6) is 1.64. The van der Waals surface area contributed by atoms with Gasteiger partial charge in [-0.3, -0.25) is 0 Å². The first-order chi connectivity index (χ1) is 8.79. The highest BCUT2D eigenvalue weighted by molar-refractivity contribution is 5.29. The molecular weight excluding hydrogens is 224 g/mol. The smallest absolute Gasteiger partial charge is 0.174 e. The normalized spacial score (nSPS) is 16.7. The second-order valence-corrected chi connectivity index (χ2v) is 4.94. The molecule has 1 aromatic carbocycles. The molecule has 2 rings (SSSR count). The van der Waals surface area contributed by atoms with Crippen molar-refractivity contribution in [3.8, 4) is 11.8 Å². The Balaban J connectivity index is 1.81. The lowest BCUT2D eigenvalue weighted by molar-refractivity contribution is 0.292. The lowest BCUT2D eigenvalue weighted by Gasteiger charge is -2.27. The zero-order valence-corrected chi connectivity index (χ0v) is 10.9. The summed E-state index contributed by atoms with van der Waals surface area (Å²) >= 11 is 0. The van der Waals surface area contributed by atoms with Crippen LogP contribution in [0, 0.1) is 17.2 Å². The molecule has 0 heterocycles. The maximum atomic E-state index is 8.44. The van der Waals surface area contributed by atoms with Gasteiger partial charge in [0.25, 0.3) is 0 Å². The summed E-state index contributed by atoms with van der Waals surface area (Å²) in [7, 11) is 0. The average molecular weight is 244 g/mol. The van der Waals surface area contributed by atoms with Crippen LogP contribution in [-0.4, -0.2) is 13.2 Å². The monoisotopic (exact) mass is 244 g/mol. The third-order valence-electron chi connectivity index (χ3n) is 3.62. The van der Waals surface area contributed by atoms with E-state index in [1.807, 2.05) is 18.2 Å². The molecule has 1 N–H and O–H groups in total. The predicted molar refractivity (Wildman–Crippen MR) is 71.3 cm³/mol. The van der Waals surface area contributed by atoms with Crippen molar-refractivity contribution in [2.24, 2.45) is 5.92 Å². The summed E-state index contributed by atoms with van der Waals surface area (Å²) in [6.07, 6.45) is 4.15. The molecule has 1 saturated carbocycles. The van der Waals surface area contributed by atoms with Gasteiger partial charge in [-0.25, -0.2) is 0 Å². The molecule has 0 saturated heterocycles. The minimum atomic E-state index is 0.106.